The minimum Gasteiger partial charge on any atom is -0.480 e. The highest BCUT2D eigenvalue weighted by molar-refractivity contribution is 7.92. The quantitative estimate of drug-likeness (QED) is 0.121. The van der Waals surface area contributed by atoms with Gasteiger partial charge in [0.25, 0.3) is 0 Å². The van der Waals surface area contributed by atoms with Gasteiger partial charge in [-0.05, 0) is 50.1 Å². The van der Waals surface area contributed by atoms with Crippen LogP contribution >= 0.6 is 42.2 Å². The third-order valence-corrected chi connectivity index (χ3v) is 11.0. The smallest absolute Gasteiger partial charge is 0.355 e. The predicted octanol–water partition coefficient (Wildman–Crippen LogP) is 3.97. The van der Waals surface area contributed by atoms with Gasteiger partial charge >= 0.3 is 18.2 Å². The number of alkyl halides is 2. The molecule has 1 saturated carbocycles. The number of carbonyl (C=O) groups excluding carboxylic acids is 3. The molecule has 1 heterocycles. The lowest BCUT2D eigenvalue weighted by Gasteiger charge is -2.18. The van der Waals surface area contributed by atoms with Gasteiger partial charge in [0.15, 0.2) is 34.6 Å². The van der Waals surface area contributed by atoms with Crippen LogP contribution in [-0.2, 0) is 38.8 Å². The fourth-order valence-electron chi connectivity index (χ4n) is 4.62. The lowest BCUT2D eigenvalue weighted by molar-refractivity contribution is -0.138. The highest BCUT2D eigenvalue weighted by Gasteiger charge is 2.37. The zero-order valence-electron chi connectivity index (χ0n) is 29.2. The molecule has 5 N–H and O–H groups in total. The number of nitrogens with two attached hydrogens (primary N) is 1. The molecule has 2 atom stereocenters. The molecule has 1 aromatic heterocycles. The topological polar surface area (TPSA) is 272 Å². The molecule has 3 aromatic rings. The molecule has 0 saturated heterocycles. The minimum atomic E-state index is -3.65. The van der Waals surface area contributed by atoms with Crippen LogP contribution in [0.25, 0.3) is 5.69 Å². The number of sulfone groups is 1. The number of rotatable bonds is 11. The van der Waals surface area contributed by atoms with Gasteiger partial charge in [-0.25, -0.2) is 26.2 Å². The SMILES string of the molecule is CP(=O)(O)CCC(N)C(=O)O.CS(=O)(=O)c1ccc(C(=O)C2C(=O)CCCC2=O)c(Cl)c1.Cc1nn(-c2cc(NS(C)(=O)=O)c(Cl)cc2Cl)c(=O)n1C(F)F. The Hall–Kier alpha value is -3.56. The van der Waals surface area contributed by atoms with E-state index in [9.17, 15) is 54.2 Å². The maximum atomic E-state index is 12.8. The van der Waals surface area contributed by atoms with Crippen molar-refractivity contribution in [2.75, 3.05) is 30.1 Å². The van der Waals surface area contributed by atoms with Gasteiger partial charge in [-0.1, -0.05) is 34.8 Å². The lowest BCUT2D eigenvalue weighted by atomic mass is 9.82. The summed E-state index contributed by atoms with van der Waals surface area (Å²) in [7, 11) is -10.2. The largest absolute Gasteiger partial charge is 0.480 e. The Balaban J connectivity index is 0.000000303. The number of benzene rings is 2. The molecule has 4 rings (SSSR count). The number of nitrogens with zero attached hydrogens (tertiary/aromatic N) is 3. The first-order chi connectivity index (χ1) is 25.1. The number of hydrogen-bond acceptors (Lipinski definition) is 12. The molecule has 17 nitrogen and oxygen atoms in total. The third kappa shape index (κ3) is 13.9. The van der Waals surface area contributed by atoms with Gasteiger partial charge < -0.3 is 15.7 Å². The Kier molecular flexibility index (Phi) is 16.5. The zero-order chi connectivity index (χ0) is 42.4. The van der Waals surface area contributed by atoms with Gasteiger partial charge in [0.1, 0.15) is 17.8 Å². The number of aryl methyl sites for hydroxylation is 1. The average molecular weight is 897 g/mol. The Labute approximate surface area is 328 Å². The van der Waals surface area contributed by atoms with Gasteiger partial charge in [-0.3, -0.25) is 28.5 Å². The maximum Gasteiger partial charge on any atom is 0.355 e. The second-order valence-electron chi connectivity index (χ2n) is 12.1. The maximum absolute atomic E-state index is 12.8. The van der Waals surface area contributed by atoms with E-state index in [1.54, 1.807) is 0 Å². The number of aromatic nitrogens is 3. The summed E-state index contributed by atoms with van der Waals surface area (Å²) in [6.07, 6.45) is 2.78. The zero-order valence-corrected chi connectivity index (χ0v) is 34.0. The Morgan fingerprint density at radius 2 is 1.58 bits per heavy atom. The number of nitrogens with one attached hydrogen (secondary N) is 1. The highest BCUT2D eigenvalue weighted by atomic mass is 35.5. The Morgan fingerprint density at radius 3 is 2.02 bits per heavy atom. The van der Waals surface area contributed by atoms with Crippen molar-refractivity contribution >= 4 is 91.0 Å². The van der Waals surface area contributed by atoms with E-state index in [-0.39, 0.29) is 72.7 Å². The molecule has 1 aliphatic rings. The first kappa shape index (κ1) is 47.6. The van der Waals surface area contributed by atoms with Crippen LogP contribution in [0.2, 0.25) is 15.1 Å². The molecule has 304 valence electrons. The second kappa shape index (κ2) is 19.1. The number of carbonyl (C=O) groups is 4. The Morgan fingerprint density at radius 1 is 1.02 bits per heavy atom. The van der Waals surface area contributed by atoms with Gasteiger partial charge in [0, 0.05) is 37.5 Å². The van der Waals surface area contributed by atoms with Crippen LogP contribution in [0.15, 0.2) is 40.0 Å². The van der Waals surface area contributed by atoms with Gasteiger partial charge in [0.2, 0.25) is 10.0 Å². The molecular weight excluding hydrogens is 862 g/mol. The van der Waals surface area contributed by atoms with Gasteiger partial charge in [0.05, 0.1) is 37.6 Å². The number of sulfonamides is 1. The standard InChI is InChI=1S/C14H13ClO5S.C11H10Cl2F2N4O3S.C5H12NO4P/c1-21(19,20)8-5-6-9(10(15)7-8)14(18)13-11(16)3-2-4-12(13)17;1-5-16-19(11(20)18(5)10(14)15)9-4-8(17-23(2,21)22)6(12)3-7(9)13;1-11(9,10)3-2-4(6)5(7)8/h5-7,13H,2-4H2,1H3;3-4,10,17H,1-2H3;4H,2-3,6H2,1H3,(H,7,8)(H,9,10). The van der Waals surface area contributed by atoms with E-state index in [0.29, 0.717) is 11.1 Å². The number of aliphatic carboxylic acids is 1. The van der Waals surface area contributed by atoms with Gasteiger partial charge in [-0.2, -0.15) is 13.5 Å². The second-order valence-corrected chi connectivity index (χ2v) is 19.6. The summed E-state index contributed by atoms with van der Waals surface area (Å²) in [4.78, 5) is 66.8. The van der Waals surface area contributed by atoms with Crippen molar-refractivity contribution in [3.8, 4) is 5.69 Å². The number of anilines is 1. The van der Waals surface area contributed by atoms with Crippen molar-refractivity contribution in [2.45, 2.75) is 50.1 Å². The molecule has 0 radical (unpaired) electrons. The van der Waals surface area contributed by atoms with Crippen LogP contribution in [0.5, 0.6) is 0 Å². The normalized spacial score (nSPS) is 15.3. The Bertz CT molecular complexity index is 2300. The molecule has 55 heavy (non-hydrogen) atoms. The van der Waals surface area contributed by atoms with Crippen molar-refractivity contribution in [1.29, 1.82) is 0 Å². The summed E-state index contributed by atoms with van der Waals surface area (Å²) in [6.45, 7) is -0.665. The lowest BCUT2D eigenvalue weighted by Crippen LogP contribution is -2.35. The summed E-state index contributed by atoms with van der Waals surface area (Å²) < 4.78 is 84.8. The van der Waals surface area contributed by atoms with Crippen molar-refractivity contribution in [3.63, 3.8) is 0 Å². The first-order valence-corrected chi connectivity index (χ1v) is 22.6. The van der Waals surface area contributed by atoms with E-state index in [2.05, 4.69) is 9.82 Å². The average Bonchev–Trinajstić information content (AvgIpc) is 3.33. The van der Waals surface area contributed by atoms with Crippen molar-refractivity contribution in [2.24, 2.45) is 11.7 Å². The summed E-state index contributed by atoms with van der Waals surface area (Å²) in [5, 5.41) is 11.8. The number of Topliss-reactive ketones (excluding diaryl/α,β-unsaturated/α-hetero) is 3. The monoisotopic (exact) mass is 895 g/mol. The van der Waals surface area contributed by atoms with Crippen molar-refractivity contribution < 1.29 is 59.4 Å². The number of carboxylic acids is 1. The molecule has 0 aliphatic heterocycles. The predicted molar refractivity (Wildman–Crippen MR) is 199 cm³/mol. The number of hydrogen-bond donors (Lipinski definition) is 4. The molecule has 2 unspecified atom stereocenters. The fraction of sp³-hybridized carbons (Fsp3) is 0.400. The van der Waals surface area contributed by atoms with Crippen LogP contribution in [0, 0.1) is 12.8 Å². The molecule has 1 fully saturated rings. The molecule has 2 aromatic carbocycles. The molecule has 0 spiro atoms. The highest BCUT2D eigenvalue weighted by Crippen LogP contribution is 2.36. The minimum absolute atomic E-state index is 0.00216. The summed E-state index contributed by atoms with van der Waals surface area (Å²) in [5.41, 5.74) is 3.82. The summed E-state index contributed by atoms with van der Waals surface area (Å²) in [6, 6.07) is 4.92. The van der Waals surface area contributed by atoms with E-state index in [1.165, 1.54) is 31.8 Å². The molecular formula is C30H35Cl3F2N5O12PS2. The number of carboxylic acid groups (broad SMARTS) is 1. The third-order valence-electron chi connectivity index (χ3n) is 7.29. The summed E-state index contributed by atoms with van der Waals surface area (Å²) in [5.74, 6) is -4.14. The van der Waals surface area contributed by atoms with Crippen LogP contribution in [0.3, 0.4) is 0 Å². The first-order valence-electron chi connectivity index (χ1n) is 15.4. The molecule has 0 bridgehead atoms. The summed E-state index contributed by atoms with van der Waals surface area (Å²) >= 11 is 17.8. The fourth-order valence-corrected chi connectivity index (χ4v) is 7.49. The van der Waals surface area contributed by atoms with E-state index in [0.717, 1.165) is 24.6 Å². The van der Waals surface area contributed by atoms with Crippen LogP contribution < -0.4 is 16.1 Å². The van der Waals surface area contributed by atoms with E-state index in [4.69, 9.17) is 50.5 Å². The van der Waals surface area contributed by atoms with Crippen molar-refractivity contribution in [3.05, 3.63) is 67.3 Å². The van der Waals surface area contributed by atoms with E-state index in [1.807, 2.05) is 0 Å². The molecule has 25 heteroatoms. The van der Waals surface area contributed by atoms with Crippen LogP contribution in [-0.4, -0.2) is 95.9 Å². The van der Waals surface area contributed by atoms with Crippen molar-refractivity contribution in [1.82, 2.24) is 14.3 Å². The van der Waals surface area contributed by atoms with E-state index < -0.39 is 74.7 Å². The number of halogens is 5. The van der Waals surface area contributed by atoms with Crippen LogP contribution in [0.1, 0.15) is 48.4 Å². The van der Waals surface area contributed by atoms with E-state index >= 15 is 0 Å². The van der Waals surface area contributed by atoms with Crippen LogP contribution in [0.4, 0.5) is 14.5 Å². The molecule has 1 aliphatic carbocycles. The number of ketones is 3. The van der Waals surface area contributed by atoms with Gasteiger partial charge in [-0.15, -0.1) is 5.10 Å². The molecule has 0 amide bonds.